The van der Waals surface area contributed by atoms with Gasteiger partial charge in [-0.2, -0.15) is 0 Å². The molecular formula is C49H60N4O13. The Balaban J connectivity index is 1.47. The van der Waals surface area contributed by atoms with Gasteiger partial charge in [-0.25, -0.2) is 4.98 Å². The number of aliphatic hydroxyl groups is 3. The van der Waals surface area contributed by atoms with E-state index in [-0.39, 0.29) is 60.8 Å². The summed E-state index contributed by atoms with van der Waals surface area (Å²) in [5.41, 5.74) is -1.38. The van der Waals surface area contributed by atoms with Gasteiger partial charge in [-0.15, -0.1) is 0 Å². The van der Waals surface area contributed by atoms with E-state index in [0.29, 0.717) is 24.8 Å². The van der Waals surface area contributed by atoms with E-state index >= 15 is 0 Å². The lowest BCUT2D eigenvalue weighted by Gasteiger charge is -2.38. The Morgan fingerprint density at radius 3 is 2.32 bits per heavy atom. The minimum absolute atomic E-state index is 0.0354. The molecule has 7 rings (SSSR count). The van der Waals surface area contributed by atoms with Gasteiger partial charge in [0.15, 0.2) is 22.4 Å². The molecule has 17 nitrogen and oxygen atoms in total. The van der Waals surface area contributed by atoms with Gasteiger partial charge in [0, 0.05) is 98.1 Å². The molecule has 3 aliphatic heterocycles. The van der Waals surface area contributed by atoms with E-state index in [1.807, 2.05) is 7.05 Å². The number of hydrogen-bond acceptors (Lipinski definition) is 16. The number of anilines is 2. The number of carbonyl (C=O) groups is 2. The lowest BCUT2D eigenvalue weighted by molar-refractivity contribution is -0.160. The quantitative estimate of drug-likeness (QED) is 0.0920. The number of aromatic hydroxyl groups is 1. The number of phenolic OH excluding ortho intramolecular Hbond substituents is 1. The van der Waals surface area contributed by atoms with Crippen molar-refractivity contribution in [3.8, 4) is 11.5 Å². The second-order valence-corrected chi connectivity index (χ2v) is 18.1. The van der Waals surface area contributed by atoms with E-state index in [4.69, 9.17) is 28.3 Å². The summed E-state index contributed by atoms with van der Waals surface area (Å²) in [4.78, 5) is 62.1. The summed E-state index contributed by atoms with van der Waals surface area (Å²) >= 11 is 0. The van der Waals surface area contributed by atoms with E-state index in [0.717, 1.165) is 12.8 Å². The van der Waals surface area contributed by atoms with Crippen LogP contribution in [-0.4, -0.2) is 101 Å². The number of amides is 1. The van der Waals surface area contributed by atoms with Crippen LogP contribution in [0.25, 0.3) is 38.7 Å². The number of esters is 1. The van der Waals surface area contributed by atoms with E-state index in [1.165, 1.54) is 59.3 Å². The van der Waals surface area contributed by atoms with E-state index in [1.54, 1.807) is 45.9 Å². The highest BCUT2D eigenvalue weighted by Gasteiger charge is 2.44. The first-order valence-corrected chi connectivity index (χ1v) is 22.3. The fourth-order valence-corrected chi connectivity index (χ4v) is 9.49. The van der Waals surface area contributed by atoms with Gasteiger partial charge in [-0.1, -0.05) is 45.9 Å². The first-order chi connectivity index (χ1) is 31.2. The third kappa shape index (κ3) is 8.60. The Morgan fingerprint density at radius 1 is 0.970 bits per heavy atom. The highest BCUT2D eigenvalue weighted by atomic mass is 16.7. The molecule has 66 heavy (non-hydrogen) atoms. The summed E-state index contributed by atoms with van der Waals surface area (Å²) in [6, 6.07) is 3.46. The van der Waals surface area contributed by atoms with Crippen molar-refractivity contribution in [1.29, 1.82) is 0 Å². The van der Waals surface area contributed by atoms with E-state index in [9.17, 15) is 39.6 Å². The molecule has 354 valence electrons. The molecule has 1 amide bonds. The fourth-order valence-electron chi connectivity index (χ4n) is 9.49. The number of benzene rings is 3. The molecule has 3 aliphatic rings. The molecule has 0 saturated carbocycles. The Hall–Kier alpha value is -6.01. The van der Waals surface area contributed by atoms with Crippen molar-refractivity contribution in [1.82, 2.24) is 10.3 Å². The van der Waals surface area contributed by atoms with Crippen LogP contribution in [0.4, 0.5) is 11.4 Å². The summed E-state index contributed by atoms with van der Waals surface area (Å²) in [7, 11) is 3.36. The first kappa shape index (κ1) is 47.9. The minimum Gasteiger partial charge on any atom is -0.507 e. The molecule has 3 aromatic carbocycles. The molecule has 4 heterocycles. The monoisotopic (exact) mass is 912 g/mol. The number of carbonyl (C=O) groups excluding carboxylic acids is 2. The smallest absolute Gasteiger partial charge is 0.307 e. The van der Waals surface area contributed by atoms with Crippen molar-refractivity contribution >= 4 is 62.0 Å². The average Bonchev–Trinajstić information content (AvgIpc) is 3.56. The van der Waals surface area contributed by atoms with Gasteiger partial charge in [0.05, 0.1) is 35.2 Å². The van der Waals surface area contributed by atoms with E-state index < -0.39 is 88.1 Å². The molecule has 5 bridgehead atoms. The van der Waals surface area contributed by atoms with Crippen molar-refractivity contribution < 1.29 is 53.4 Å². The third-order valence-electron chi connectivity index (χ3n) is 13.7. The number of methoxy groups -OCH3 is 1. The highest BCUT2D eigenvalue weighted by Crippen LogP contribution is 2.42. The predicted molar refractivity (Wildman–Crippen MR) is 249 cm³/mol. The maximum atomic E-state index is 14.8. The fraction of sp³-hybridized carbons (Fsp3) is 0.490. The van der Waals surface area contributed by atoms with Crippen LogP contribution in [0.2, 0.25) is 0 Å². The van der Waals surface area contributed by atoms with Crippen LogP contribution >= 0.6 is 0 Å². The van der Waals surface area contributed by atoms with Gasteiger partial charge in [0.25, 0.3) is 5.91 Å². The maximum absolute atomic E-state index is 14.8. The SMILES string of the molecule is CNC1CCN(c2cc(=O)c3nc4c(oc3c2)c2c(=O)c3c(O)c(C)c5c(c34)=C(O)[C@@](C)(OC=C[C@H](OC)[C@@H](C)[C@@H](OC(C)=O)[C@H](C)[C@H](O)[C@H](C)[C@@H](O)[C@@H](C)C=CC=C(C)C(=O)N2)O5)CC1. The zero-order valence-corrected chi connectivity index (χ0v) is 38.9. The van der Waals surface area contributed by atoms with Gasteiger partial charge in [0.2, 0.25) is 10.9 Å². The summed E-state index contributed by atoms with van der Waals surface area (Å²) in [6.45, 7) is 13.9. The lowest BCUT2D eigenvalue weighted by Crippen LogP contribution is -2.46. The van der Waals surface area contributed by atoms with Crippen LogP contribution in [0.15, 0.2) is 62.3 Å². The molecule has 0 spiro atoms. The zero-order chi connectivity index (χ0) is 48.1. The molecule has 4 aromatic rings. The predicted octanol–water partition coefficient (Wildman–Crippen LogP) is 4.75. The summed E-state index contributed by atoms with van der Waals surface area (Å²) in [5.74, 6) is -6.93. The van der Waals surface area contributed by atoms with Crippen molar-refractivity contribution in [3.05, 3.63) is 79.5 Å². The number of phenols is 1. The Morgan fingerprint density at radius 2 is 1.67 bits per heavy atom. The number of nitrogens with zero attached hydrogens (tertiary/aromatic N) is 2. The van der Waals surface area contributed by atoms with Gasteiger partial charge >= 0.3 is 11.8 Å². The topological polar surface area (TPSA) is 239 Å². The lowest BCUT2D eigenvalue weighted by atomic mass is 9.78. The largest absolute Gasteiger partial charge is 0.507 e. The van der Waals surface area contributed by atoms with E-state index in [2.05, 4.69) is 15.5 Å². The number of fused-ring (bicyclic) bond motifs is 5. The van der Waals surface area contributed by atoms with Gasteiger partial charge in [0.1, 0.15) is 28.8 Å². The minimum atomic E-state index is -1.98. The molecule has 0 unspecified atom stereocenters. The summed E-state index contributed by atoms with van der Waals surface area (Å²) in [6.07, 6.45) is 5.25. The molecule has 6 N–H and O–H groups in total. The van der Waals surface area contributed by atoms with Gasteiger partial charge in [-0.3, -0.25) is 19.2 Å². The normalized spacial score (nSPS) is 28.2. The number of rotatable bonds is 4. The van der Waals surface area contributed by atoms with Crippen LogP contribution in [0, 0.1) is 30.6 Å². The second kappa shape index (κ2) is 18.7. The molecule has 17 heteroatoms. The number of ether oxygens (including phenoxy) is 4. The van der Waals surface area contributed by atoms with Crippen molar-refractivity contribution in [2.24, 2.45) is 23.7 Å². The molecular weight excluding hydrogens is 853 g/mol. The third-order valence-corrected chi connectivity index (χ3v) is 13.7. The Labute approximate surface area is 381 Å². The van der Waals surface area contributed by atoms with Crippen LogP contribution in [0.3, 0.4) is 0 Å². The molecule has 1 saturated heterocycles. The molecule has 0 aliphatic carbocycles. The number of nitrogens with one attached hydrogen (secondary N) is 2. The zero-order valence-electron chi connectivity index (χ0n) is 38.9. The number of allylic oxidation sites excluding steroid dienone is 2. The van der Waals surface area contributed by atoms with Crippen LogP contribution in [0.1, 0.15) is 66.9 Å². The summed E-state index contributed by atoms with van der Waals surface area (Å²) < 4.78 is 30.5. The molecule has 1 fully saturated rings. The number of aromatic nitrogens is 1. The number of piperidine rings is 1. The number of aliphatic hydroxyl groups excluding tert-OH is 3. The maximum Gasteiger partial charge on any atom is 0.307 e. The van der Waals surface area contributed by atoms with Crippen molar-refractivity contribution in [2.75, 3.05) is 37.5 Å². The van der Waals surface area contributed by atoms with Crippen LogP contribution < -0.4 is 36.3 Å². The van der Waals surface area contributed by atoms with Crippen molar-refractivity contribution in [3.63, 3.8) is 0 Å². The second-order valence-electron chi connectivity index (χ2n) is 18.1. The van der Waals surface area contributed by atoms with Crippen LogP contribution in [-0.2, 0) is 23.8 Å². The van der Waals surface area contributed by atoms with Gasteiger partial charge in [-0.05, 0) is 39.8 Å². The molecule has 1 aromatic heterocycles. The first-order valence-electron chi connectivity index (χ1n) is 22.3. The number of hydrogen-bond donors (Lipinski definition) is 6. The Kier molecular flexibility index (Phi) is 13.6. The van der Waals surface area contributed by atoms with Crippen LogP contribution in [0.5, 0.6) is 11.5 Å². The molecule has 9 atom stereocenters. The summed E-state index contributed by atoms with van der Waals surface area (Å²) in [5, 5.41) is 52.5. The average molecular weight is 913 g/mol. The highest BCUT2D eigenvalue weighted by molar-refractivity contribution is 6.16. The Bertz CT molecular complexity index is 2850. The van der Waals surface area contributed by atoms with Gasteiger partial charge < -0.3 is 59.3 Å². The molecule has 0 radical (unpaired) electrons. The van der Waals surface area contributed by atoms with Crippen molar-refractivity contribution in [2.45, 2.75) is 104 Å². The standard InChI is InChI=1S/C49H60N4O13/c1-22-12-11-13-23(2)48(61)52-39-43(59)35-34(38-46(39)65-33-21-30(20-31(55)37(33)51-38)53-17-14-29(50-9)15-18-53)36-45(27(6)42(35)58)66-49(8,47(36)60)63-19-16-32(62-10)24(3)44(64-28(7)54)26(5)41(57)25(4)40(22)56/h11-13,16,19-22,24-26,29,32,40-41,44,50,56-58,60H,14-15,17-18H2,1-10H3,(H,52,61)/t22-,24+,25+,26+,32-,40-,41+,44+,49-/m0/s1.